The lowest BCUT2D eigenvalue weighted by molar-refractivity contribution is -0.143. The molecule has 2 N–H and O–H groups in total. The monoisotopic (exact) mass is 217 g/mol. The van der Waals surface area contributed by atoms with Crippen LogP contribution in [0.2, 0.25) is 0 Å². The largest absolute Gasteiger partial charge is 0.481 e. The molecule has 0 aromatic rings. The summed E-state index contributed by atoms with van der Waals surface area (Å²) in [6, 6.07) is -0.357. The zero-order valence-electron chi connectivity index (χ0n) is 9.45. The number of hydrogen-bond acceptors (Lipinski definition) is 4. The van der Waals surface area contributed by atoms with Gasteiger partial charge in [0.1, 0.15) is 6.04 Å². The Morgan fingerprint density at radius 3 is 2.47 bits per heavy atom. The molecule has 0 bridgehead atoms. The fourth-order valence-electron chi connectivity index (χ4n) is 1.26. The van der Waals surface area contributed by atoms with E-state index in [1.807, 2.05) is 13.8 Å². The van der Waals surface area contributed by atoms with Crippen LogP contribution in [0.3, 0.4) is 0 Å². The van der Waals surface area contributed by atoms with Crippen LogP contribution < -0.4 is 5.32 Å². The summed E-state index contributed by atoms with van der Waals surface area (Å²) in [5.41, 5.74) is 0. The lowest BCUT2D eigenvalue weighted by atomic mass is 10.1. The van der Waals surface area contributed by atoms with E-state index in [0.29, 0.717) is 12.8 Å². The molecule has 88 valence electrons. The second-order valence-electron chi connectivity index (χ2n) is 3.48. The van der Waals surface area contributed by atoms with Crippen LogP contribution in [0.1, 0.15) is 33.1 Å². The Bertz CT molecular complexity index is 217. The standard InChI is InChI=1S/C10H19NO4/c1-4-8(10(14)15-3)11-7(2)5-6-9(12)13/h7-8,11H,4-6H2,1-3H3,(H,12,13). The van der Waals surface area contributed by atoms with E-state index >= 15 is 0 Å². The smallest absolute Gasteiger partial charge is 0.322 e. The Kier molecular flexibility index (Phi) is 6.70. The van der Waals surface area contributed by atoms with E-state index in [1.54, 1.807) is 0 Å². The molecule has 0 radical (unpaired) electrons. The number of rotatable bonds is 7. The highest BCUT2D eigenvalue weighted by molar-refractivity contribution is 5.75. The van der Waals surface area contributed by atoms with Gasteiger partial charge in [-0.15, -0.1) is 0 Å². The fourth-order valence-corrected chi connectivity index (χ4v) is 1.26. The third kappa shape index (κ3) is 6.06. The SMILES string of the molecule is CCC(NC(C)CCC(=O)O)C(=O)OC. The van der Waals surface area contributed by atoms with Gasteiger partial charge in [-0.2, -0.15) is 0 Å². The van der Waals surface area contributed by atoms with Gasteiger partial charge in [0, 0.05) is 12.5 Å². The van der Waals surface area contributed by atoms with E-state index in [1.165, 1.54) is 7.11 Å². The molecule has 0 aromatic heterocycles. The van der Waals surface area contributed by atoms with Gasteiger partial charge in [-0.1, -0.05) is 6.92 Å². The van der Waals surface area contributed by atoms with Gasteiger partial charge in [0.25, 0.3) is 0 Å². The molecule has 0 amide bonds. The zero-order chi connectivity index (χ0) is 11.8. The topological polar surface area (TPSA) is 75.6 Å². The third-order valence-electron chi connectivity index (χ3n) is 2.17. The summed E-state index contributed by atoms with van der Waals surface area (Å²) in [5.74, 6) is -1.13. The first kappa shape index (κ1) is 13.9. The van der Waals surface area contributed by atoms with E-state index in [9.17, 15) is 9.59 Å². The predicted octanol–water partition coefficient (Wildman–Crippen LogP) is 0.781. The van der Waals surface area contributed by atoms with Crippen molar-refractivity contribution in [3.05, 3.63) is 0 Å². The van der Waals surface area contributed by atoms with Gasteiger partial charge in [0.15, 0.2) is 0 Å². The van der Waals surface area contributed by atoms with E-state index in [0.717, 1.165) is 0 Å². The number of aliphatic carboxylic acids is 1. The van der Waals surface area contributed by atoms with E-state index in [-0.39, 0.29) is 24.5 Å². The van der Waals surface area contributed by atoms with Crippen LogP contribution >= 0.6 is 0 Å². The number of carboxylic acid groups (broad SMARTS) is 1. The van der Waals surface area contributed by atoms with Gasteiger partial charge < -0.3 is 15.2 Å². The van der Waals surface area contributed by atoms with Gasteiger partial charge in [0.2, 0.25) is 0 Å². The van der Waals surface area contributed by atoms with E-state index in [4.69, 9.17) is 5.11 Å². The fraction of sp³-hybridized carbons (Fsp3) is 0.800. The lowest BCUT2D eigenvalue weighted by Gasteiger charge is -2.19. The predicted molar refractivity (Wildman–Crippen MR) is 55.6 cm³/mol. The first-order valence-electron chi connectivity index (χ1n) is 5.06. The van der Waals surface area contributed by atoms with Crippen molar-refractivity contribution in [3.63, 3.8) is 0 Å². The minimum Gasteiger partial charge on any atom is -0.481 e. The second-order valence-corrected chi connectivity index (χ2v) is 3.48. The number of esters is 1. The number of hydrogen-bond donors (Lipinski definition) is 2. The normalized spacial score (nSPS) is 14.3. The van der Waals surface area contributed by atoms with Crippen molar-refractivity contribution < 1.29 is 19.4 Å². The van der Waals surface area contributed by atoms with Crippen molar-refractivity contribution in [3.8, 4) is 0 Å². The summed E-state index contributed by atoms with van der Waals surface area (Å²) in [6.45, 7) is 3.73. The summed E-state index contributed by atoms with van der Waals surface area (Å²) >= 11 is 0. The third-order valence-corrected chi connectivity index (χ3v) is 2.17. The lowest BCUT2D eigenvalue weighted by Crippen LogP contribution is -2.42. The number of carbonyl (C=O) groups is 2. The number of ether oxygens (including phenoxy) is 1. The molecule has 0 rings (SSSR count). The summed E-state index contributed by atoms with van der Waals surface area (Å²) in [5, 5.41) is 11.5. The van der Waals surface area contributed by atoms with Crippen LogP contribution in [0.25, 0.3) is 0 Å². The highest BCUT2D eigenvalue weighted by Crippen LogP contribution is 2.01. The molecule has 15 heavy (non-hydrogen) atoms. The number of nitrogens with one attached hydrogen (secondary N) is 1. The summed E-state index contributed by atoms with van der Waals surface area (Å²) < 4.78 is 4.61. The Morgan fingerprint density at radius 1 is 1.47 bits per heavy atom. The van der Waals surface area contributed by atoms with Gasteiger partial charge in [-0.25, -0.2) is 0 Å². The van der Waals surface area contributed by atoms with Crippen LogP contribution in [-0.4, -0.2) is 36.2 Å². The number of carboxylic acids is 1. The summed E-state index contributed by atoms with van der Waals surface area (Å²) in [4.78, 5) is 21.5. The Balaban J connectivity index is 3.95. The molecule has 0 saturated heterocycles. The highest BCUT2D eigenvalue weighted by Gasteiger charge is 2.18. The summed E-state index contributed by atoms with van der Waals surface area (Å²) in [7, 11) is 1.34. The molecule has 0 heterocycles. The molecular weight excluding hydrogens is 198 g/mol. The molecule has 0 aromatic carbocycles. The Hall–Kier alpha value is -1.10. The Morgan fingerprint density at radius 2 is 2.07 bits per heavy atom. The molecule has 5 nitrogen and oxygen atoms in total. The van der Waals surface area contributed by atoms with Crippen LogP contribution in [0.5, 0.6) is 0 Å². The van der Waals surface area contributed by atoms with Crippen LogP contribution in [0.15, 0.2) is 0 Å². The van der Waals surface area contributed by atoms with Gasteiger partial charge in [-0.05, 0) is 19.8 Å². The van der Waals surface area contributed by atoms with Crippen molar-refractivity contribution in [2.45, 2.75) is 45.2 Å². The van der Waals surface area contributed by atoms with E-state index in [2.05, 4.69) is 10.1 Å². The minimum atomic E-state index is -0.824. The van der Waals surface area contributed by atoms with Gasteiger partial charge >= 0.3 is 11.9 Å². The van der Waals surface area contributed by atoms with Crippen molar-refractivity contribution in [1.29, 1.82) is 0 Å². The highest BCUT2D eigenvalue weighted by atomic mass is 16.5. The maximum atomic E-state index is 11.2. The molecule has 5 heteroatoms. The second kappa shape index (κ2) is 7.23. The van der Waals surface area contributed by atoms with Crippen molar-refractivity contribution >= 4 is 11.9 Å². The van der Waals surface area contributed by atoms with Crippen molar-refractivity contribution in [1.82, 2.24) is 5.32 Å². The van der Waals surface area contributed by atoms with E-state index < -0.39 is 5.97 Å². The van der Waals surface area contributed by atoms with Crippen LogP contribution in [0, 0.1) is 0 Å². The maximum absolute atomic E-state index is 11.2. The molecule has 0 saturated carbocycles. The van der Waals surface area contributed by atoms with Crippen molar-refractivity contribution in [2.75, 3.05) is 7.11 Å². The minimum absolute atomic E-state index is 0.00912. The molecule has 0 aliphatic heterocycles. The first-order chi connectivity index (χ1) is 7.01. The molecule has 0 fully saturated rings. The average Bonchev–Trinajstić information content (AvgIpc) is 2.21. The average molecular weight is 217 g/mol. The quantitative estimate of drug-likeness (QED) is 0.616. The van der Waals surface area contributed by atoms with Gasteiger partial charge in [0.05, 0.1) is 7.11 Å². The molecule has 2 unspecified atom stereocenters. The zero-order valence-corrected chi connectivity index (χ0v) is 9.45. The van der Waals surface area contributed by atoms with Gasteiger partial charge in [-0.3, -0.25) is 9.59 Å². The van der Waals surface area contributed by atoms with Crippen molar-refractivity contribution in [2.24, 2.45) is 0 Å². The first-order valence-corrected chi connectivity index (χ1v) is 5.06. The van der Waals surface area contributed by atoms with Crippen LogP contribution in [-0.2, 0) is 14.3 Å². The molecule has 2 atom stereocenters. The van der Waals surface area contributed by atoms with Crippen LogP contribution in [0.4, 0.5) is 0 Å². The maximum Gasteiger partial charge on any atom is 0.322 e. The molecular formula is C10H19NO4. The molecule has 0 aliphatic rings. The number of carbonyl (C=O) groups excluding carboxylic acids is 1. The molecule has 0 aliphatic carbocycles. The summed E-state index contributed by atoms with van der Waals surface area (Å²) in [6.07, 6.45) is 1.23. The molecule has 0 spiro atoms. The Labute approximate surface area is 89.8 Å². The number of methoxy groups -OCH3 is 1.